The monoisotopic (exact) mass is 310 g/mol. The lowest BCUT2D eigenvalue weighted by Crippen LogP contribution is -2.16. The summed E-state index contributed by atoms with van der Waals surface area (Å²) < 4.78 is 0. The Labute approximate surface area is 140 Å². The van der Waals surface area contributed by atoms with Crippen LogP contribution in [0.25, 0.3) is 0 Å². The van der Waals surface area contributed by atoms with Crippen molar-refractivity contribution < 1.29 is 5.11 Å². The molecular weight excluding hydrogens is 268 g/mol. The molecule has 0 aliphatic heterocycles. The Morgan fingerprint density at radius 1 is 1.05 bits per heavy atom. The van der Waals surface area contributed by atoms with Crippen molar-refractivity contribution in [3.8, 4) is 0 Å². The van der Waals surface area contributed by atoms with Gasteiger partial charge in [0, 0.05) is 6.61 Å². The van der Waals surface area contributed by atoms with Crippen LogP contribution in [0, 0.1) is 29.1 Å². The zero-order valence-electron chi connectivity index (χ0n) is 16.0. The second kappa shape index (κ2) is 9.96. The molecule has 0 aromatic heterocycles. The summed E-state index contributed by atoms with van der Waals surface area (Å²) in [5.41, 5.74) is 0.347. The molecule has 0 saturated heterocycles. The largest absolute Gasteiger partial charge is 0.396 e. The van der Waals surface area contributed by atoms with Gasteiger partial charge in [-0.25, -0.2) is 0 Å². The van der Waals surface area contributed by atoms with E-state index in [2.05, 4.69) is 34.6 Å². The van der Waals surface area contributed by atoms with E-state index in [0.717, 1.165) is 30.1 Å². The highest BCUT2D eigenvalue weighted by Gasteiger charge is 2.48. The molecule has 1 N–H and O–H groups in total. The van der Waals surface area contributed by atoms with Crippen molar-refractivity contribution in [2.45, 2.75) is 98.8 Å². The topological polar surface area (TPSA) is 20.2 Å². The van der Waals surface area contributed by atoms with Gasteiger partial charge in [0.05, 0.1) is 0 Å². The molecule has 2 fully saturated rings. The third-order valence-corrected chi connectivity index (χ3v) is 6.88. The SMILES string of the molecule is CCC1(CO)CC1C.CC[C@@H](C)CCC(C)C1CCCCC1. The molecule has 0 aromatic rings. The van der Waals surface area contributed by atoms with Crippen LogP contribution in [0.1, 0.15) is 98.8 Å². The molecule has 2 aliphatic carbocycles. The van der Waals surface area contributed by atoms with Crippen molar-refractivity contribution in [2.24, 2.45) is 29.1 Å². The van der Waals surface area contributed by atoms with Crippen LogP contribution in [0.2, 0.25) is 0 Å². The standard InChI is InChI=1S/C14H28.C7H14O/c1-4-12(2)10-11-13(3)14-8-6-5-7-9-14;1-3-7(5-8)4-6(7)2/h12-14H,4-11H2,1-3H3;6,8H,3-5H2,1-2H3/t12-,13?;/m1./s1. The summed E-state index contributed by atoms with van der Waals surface area (Å²) in [5.74, 6) is 3.77. The average molecular weight is 311 g/mol. The van der Waals surface area contributed by atoms with Crippen LogP contribution in [0.15, 0.2) is 0 Å². The van der Waals surface area contributed by atoms with E-state index >= 15 is 0 Å². The number of hydrogen-bond acceptors (Lipinski definition) is 1. The van der Waals surface area contributed by atoms with Gasteiger partial charge in [0.25, 0.3) is 0 Å². The van der Waals surface area contributed by atoms with Gasteiger partial charge < -0.3 is 5.11 Å². The highest BCUT2D eigenvalue weighted by molar-refractivity contribution is 4.97. The molecule has 4 atom stereocenters. The molecule has 3 unspecified atom stereocenters. The van der Waals surface area contributed by atoms with Crippen LogP contribution in [0.4, 0.5) is 0 Å². The van der Waals surface area contributed by atoms with Gasteiger partial charge in [-0.3, -0.25) is 0 Å². The van der Waals surface area contributed by atoms with E-state index in [4.69, 9.17) is 5.11 Å². The summed E-state index contributed by atoms with van der Waals surface area (Å²) in [6.45, 7) is 12.0. The van der Waals surface area contributed by atoms with E-state index in [9.17, 15) is 0 Å². The highest BCUT2D eigenvalue weighted by Crippen LogP contribution is 2.54. The number of hydrogen-bond donors (Lipinski definition) is 1. The normalized spacial score (nSPS) is 31.1. The molecule has 0 spiro atoms. The van der Waals surface area contributed by atoms with E-state index in [1.807, 2.05) is 0 Å². The number of aliphatic hydroxyl groups excluding tert-OH is 1. The second-order valence-corrected chi connectivity index (χ2v) is 8.45. The molecule has 0 radical (unpaired) electrons. The summed E-state index contributed by atoms with van der Waals surface area (Å²) in [6.07, 6.45) is 14.2. The van der Waals surface area contributed by atoms with Crippen molar-refractivity contribution in [1.82, 2.24) is 0 Å². The summed E-state index contributed by atoms with van der Waals surface area (Å²) in [4.78, 5) is 0. The highest BCUT2D eigenvalue weighted by atomic mass is 16.3. The molecule has 0 heterocycles. The third-order valence-electron chi connectivity index (χ3n) is 6.88. The molecule has 0 aromatic carbocycles. The molecule has 0 bridgehead atoms. The lowest BCUT2D eigenvalue weighted by Gasteiger charge is -2.28. The van der Waals surface area contributed by atoms with Gasteiger partial charge in [0.1, 0.15) is 0 Å². The molecule has 1 nitrogen and oxygen atoms in total. The quantitative estimate of drug-likeness (QED) is 0.573. The van der Waals surface area contributed by atoms with Crippen molar-refractivity contribution in [2.75, 3.05) is 6.61 Å². The van der Waals surface area contributed by atoms with Crippen molar-refractivity contribution >= 4 is 0 Å². The van der Waals surface area contributed by atoms with Crippen molar-refractivity contribution in [3.05, 3.63) is 0 Å². The zero-order valence-corrected chi connectivity index (χ0v) is 16.0. The Morgan fingerprint density at radius 3 is 2.00 bits per heavy atom. The van der Waals surface area contributed by atoms with Crippen molar-refractivity contribution in [1.29, 1.82) is 0 Å². The van der Waals surface area contributed by atoms with Gasteiger partial charge in [-0.1, -0.05) is 86.0 Å². The fraction of sp³-hybridized carbons (Fsp3) is 1.00. The molecule has 2 saturated carbocycles. The summed E-state index contributed by atoms with van der Waals surface area (Å²) in [6, 6.07) is 0. The summed E-state index contributed by atoms with van der Waals surface area (Å²) in [7, 11) is 0. The first-order valence-electron chi connectivity index (χ1n) is 10.1. The lowest BCUT2D eigenvalue weighted by molar-refractivity contribution is 0.196. The van der Waals surface area contributed by atoms with Crippen molar-refractivity contribution in [3.63, 3.8) is 0 Å². The number of aliphatic hydroxyl groups is 1. The maximum atomic E-state index is 8.83. The van der Waals surface area contributed by atoms with E-state index in [1.54, 1.807) is 0 Å². The summed E-state index contributed by atoms with van der Waals surface area (Å²) in [5, 5.41) is 8.83. The predicted molar refractivity (Wildman–Crippen MR) is 98.0 cm³/mol. The maximum absolute atomic E-state index is 8.83. The smallest absolute Gasteiger partial charge is 0.0489 e. The van der Waals surface area contributed by atoms with E-state index < -0.39 is 0 Å². The van der Waals surface area contributed by atoms with Gasteiger partial charge in [-0.15, -0.1) is 0 Å². The van der Waals surface area contributed by atoms with Crippen LogP contribution in [-0.2, 0) is 0 Å². The van der Waals surface area contributed by atoms with Crippen LogP contribution < -0.4 is 0 Å². The molecule has 132 valence electrons. The molecular formula is C21H42O. The molecule has 0 amide bonds. The number of rotatable bonds is 7. The Morgan fingerprint density at radius 2 is 1.64 bits per heavy atom. The van der Waals surface area contributed by atoms with Gasteiger partial charge in [-0.2, -0.15) is 0 Å². The lowest BCUT2D eigenvalue weighted by atomic mass is 9.78. The predicted octanol–water partition coefficient (Wildman–Crippen LogP) is 6.44. The molecule has 1 heteroatoms. The Bertz CT molecular complexity index is 270. The Balaban J connectivity index is 0.000000255. The van der Waals surface area contributed by atoms with Crippen LogP contribution in [0.5, 0.6) is 0 Å². The first kappa shape index (κ1) is 20.0. The van der Waals surface area contributed by atoms with E-state index in [0.29, 0.717) is 12.0 Å². The van der Waals surface area contributed by atoms with E-state index in [-0.39, 0.29) is 0 Å². The van der Waals surface area contributed by atoms with Gasteiger partial charge >= 0.3 is 0 Å². The van der Waals surface area contributed by atoms with Gasteiger partial charge in [-0.05, 0) is 41.9 Å². The minimum atomic E-state index is 0.347. The first-order valence-corrected chi connectivity index (χ1v) is 10.1. The van der Waals surface area contributed by atoms with Gasteiger partial charge in [0.2, 0.25) is 0 Å². The molecule has 22 heavy (non-hydrogen) atoms. The second-order valence-electron chi connectivity index (χ2n) is 8.45. The average Bonchev–Trinajstić information content (AvgIpc) is 3.24. The minimum Gasteiger partial charge on any atom is -0.396 e. The molecule has 2 aliphatic rings. The minimum absolute atomic E-state index is 0.347. The van der Waals surface area contributed by atoms with Crippen LogP contribution in [0.3, 0.4) is 0 Å². The third kappa shape index (κ3) is 6.22. The Kier molecular flexibility index (Phi) is 9.05. The van der Waals surface area contributed by atoms with Gasteiger partial charge in [0.15, 0.2) is 0 Å². The summed E-state index contributed by atoms with van der Waals surface area (Å²) >= 11 is 0. The zero-order chi connectivity index (χ0) is 16.6. The molecule has 2 rings (SSSR count). The first-order chi connectivity index (χ1) is 10.5. The van der Waals surface area contributed by atoms with Crippen LogP contribution in [-0.4, -0.2) is 11.7 Å². The Hall–Kier alpha value is -0.0400. The van der Waals surface area contributed by atoms with Crippen LogP contribution >= 0.6 is 0 Å². The fourth-order valence-corrected chi connectivity index (χ4v) is 4.07. The van der Waals surface area contributed by atoms with E-state index in [1.165, 1.54) is 57.8 Å². The fourth-order valence-electron chi connectivity index (χ4n) is 4.07. The maximum Gasteiger partial charge on any atom is 0.0489 e.